The van der Waals surface area contributed by atoms with Gasteiger partial charge < -0.3 is 15.5 Å². The molecular formula is C9H11F3N2O3. The molecule has 0 saturated heterocycles. The normalized spacial score (nSPS) is 10.1. The largest absolute Gasteiger partial charge is 0.490 e. The molecule has 0 aliphatic carbocycles. The van der Waals surface area contributed by atoms with E-state index < -0.39 is 12.1 Å². The van der Waals surface area contributed by atoms with Gasteiger partial charge in [0.05, 0.1) is 6.61 Å². The van der Waals surface area contributed by atoms with Gasteiger partial charge in [-0.2, -0.15) is 13.2 Å². The molecule has 1 aromatic heterocycles. The number of nitrogens with zero attached hydrogens (tertiary/aromatic N) is 1. The second kappa shape index (κ2) is 7.44. The van der Waals surface area contributed by atoms with Gasteiger partial charge in [-0.15, -0.1) is 0 Å². The van der Waals surface area contributed by atoms with Crippen molar-refractivity contribution in [1.82, 2.24) is 4.98 Å². The van der Waals surface area contributed by atoms with E-state index in [1.165, 1.54) is 0 Å². The van der Waals surface area contributed by atoms with Gasteiger partial charge in [-0.25, -0.2) is 4.79 Å². The van der Waals surface area contributed by atoms with E-state index in [2.05, 4.69) is 10.3 Å². The quantitative estimate of drug-likeness (QED) is 0.750. The van der Waals surface area contributed by atoms with Crippen LogP contribution < -0.4 is 5.32 Å². The summed E-state index contributed by atoms with van der Waals surface area (Å²) in [5.41, 5.74) is 0.990. The van der Waals surface area contributed by atoms with E-state index in [1.54, 1.807) is 12.4 Å². The summed E-state index contributed by atoms with van der Waals surface area (Å²) in [4.78, 5) is 12.7. The summed E-state index contributed by atoms with van der Waals surface area (Å²) in [6.45, 7) is 0.742. The van der Waals surface area contributed by atoms with Crippen LogP contribution in [0.4, 0.5) is 18.9 Å². The average Bonchev–Trinajstić information content (AvgIpc) is 2.27. The molecule has 0 bridgehead atoms. The Bertz CT molecular complexity index is 330. The number of halogens is 3. The number of alkyl halides is 3. The highest BCUT2D eigenvalue weighted by Gasteiger charge is 2.38. The molecule has 17 heavy (non-hydrogen) atoms. The second-order valence-corrected chi connectivity index (χ2v) is 2.69. The number of aromatic nitrogens is 1. The first-order valence-corrected chi connectivity index (χ1v) is 4.42. The summed E-state index contributed by atoms with van der Waals surface area (Å²) in [7, 11) is 0. The second-order valence-electron chi connectivity index (χ2n) is 2.69. The molecule has 0 aromatic carbocycles. The van der Waals surface area contributed by atoms with Crippen molar-refractivity contribution in [2.75, 3.05) is 18.5 Å². The Hall–Kier alpha value is -1.83. The summed E-state index contributed by atoms with van der Waals surface area (Å²) < 4.78 is 31.7. The van der Waals surface area contributed by atoms with E-state index in [-0.39, 0.29) is 6.61 Å². The summed E-state index contributed by atoms with van der Waals surface area (Å²) in [6.07, 6.45) is -1.67. The van der Waals surface area contributed by atoms with Gasteiger partial charge in [0, 0.05) is 24.6 Å². The number of hydrogen-bond acceptors (Lipinski definition) is 4. The van der Waals surface area contributed by atoms with Gasteiger partial charge in [0.15, 0.2) is 0 Å². The first-order chi connectivity index (χ1) is 7.88. The van der Waals surface area contributed by atoms with Crippen molar-refractivity contribution >= 4 is 11.7 Å². The maximum absolute atomic E-state index is 10.6. The minimum absolute atomic E-state index is 0.155. The number of rotatable bonds is 3. The maximum atomic E-state index is 10.6. The van der Waals surface area contributed by atoms with Crippen LogP contribution in [0.15, 0.2) is 24.5 Å². The molecule has 0 atom stereocenters. The molecule has 3 N–H and O–H groups in total. The van der Waals surface area contributed by atoms with Gasteiger partial charge in [-0.3, -0.25) is 4.98 Å². The van der Waals surface area contributed by atoms with Crippen LogP contribution in [0.25, 0.3) is 0 Å². The standard InChI is InChI=1S/C7H10N2O.C2HF3O2/c10-6-5-9-7-1-3-8-4-2-7;3-2(4,5)1(6)7/h1-4,10H,5-6H2,(H,8,9);(H,6,7). The molecule has 1 heterocycles. The molecule has 1 rings (SSSR count). The topological polar surface area (TPSA) is 82.5 Å². The summed E-state index contributed by atoms with van der Waals surface area (Å²) >= 11 is 0. The number of carboxylic acid groups (broad SMARTS) is 1. The number of aliphatic hydroxyl groups excluding tert-OH is 1. The van der Waals surface area contributed by atoms with Crippen molar-refractivity contribution in [2.24, 2.45) is 0 Å². The van der Waals surface area contributed by atoms with Crippen LogP contribution in [-0.2, 0) is 4.79 Å². The van der Waals surface area contributed by atoms with Crippen LogP contribution in [0.1, 0.15) is 0 Å². The predicted octanol–water partition coefficient (Wildman–Crippen LogP) is 1.12. The smallest absolute Gasteiger partial charge is 0.475 e. The molecule has 0 aliphatic heterocycles. The number of aliphatic carboxylic acids is 1. The van der Waals surface area contributed by atoms with Crippen molar-refractivity contribution in [3.8, 4) is 0 Å². The van der Waals surface area contributed by atoms with E-state index in [9.17, 15) is 13.2 Å². The molecule has 0 fully saturated rings. The van der Waals surface area contributed by atoms with E-state index >= 15 is 0 Å². The molecule has 8 heteroatoms. The number of pyridine rings is 1. The number of nitrogens with one attached hydrogen (secondary N) is 1. The Labute approximate surface area is 94.9 Å². The van der Waals surface area contributed by atoms with Gasteiger partial charge in [-0.05, 0) is 12.1 Å². The van der Waals surface area contributed by atoms with Gasteiger partial charge in [0.1, 0.15) is 0 Å². The third-order valence-electron chi connectivity index (χ3n) is 1.36. The van der Waals surface area contributed by atoms with Gasteiger partial charge in [0.2, 0.25) is 0 Å². The Morgan fingerprint density at radius 3 is 2.18 bits per heavy atom. The summed E-state index contributed by atoms with van der Waals surface area (Å²) in [6, 6.07) is 3.71. The molecule has 1 aromatic rings. The molecule has 0 unspecified atom stereocenters. The first-order valence-electron chi connectivity index (χ1n) is 4.42. The molecule has 0 aliphatic rings. The Morgan fingerprint density at radius 1 is 1.35 bits per heavy atom. The molecular weight excluding hydrogens is 241 g/mol. The lowest BCUT2D eigenvalue weighted by atomic mass is 10.4. The fraction of sp³-hybridized carbons (Fsp3) is 0.333. The minimum Gasteiger partial charge on any atom is -0.475 e. The maximum Gasteiger partial charge on any atom is 0.490 e. The van der Waals surface area contributed by atoms with E-state index in [1.807, 2.05) is 12.1 Å². The van der Waals surface area contributed by atoms with Crippen LogP contribution in [0.5, 0.6) is 0 Å². The molecule has 0 radical (unpaired) electrons. The fourth-order valence-corrected chi connectivity index (χ4v) is 0.670. The third-order valence-corrected chi connectivity index (χ3v) is 1.36. The average molecular weight is 252 g/mol. The van der Waals surface area contributed by atoms with Gasteiger partial charge >= 0.3 is 12.1 Å². The van der Waals surface area contributed by atoms with Crippen molar-refractivity contribution in [3.05, 3.63) is 24.5 Å². The SMILES string of the molecule is O=C(O)C(F)(F)F.OCCNc1ccncc1. The van der Waals surface area contributed by atoms with E-state index in [0.29, 0.717) is 6.54 Å². The Balaban J connectivity index is 0.000000325. The highest BCUT2D eigenvalue weighted by atomic mass is 19.4. The number of aliphatic hydroxyl groups is 1. The lowest BCUT2D eigenvalue weighted by Crippen LogP contribution is -2.21. The zero-order valence-electron chi connectivity index (χ0n) is 8.61. The predicted molar refractivity (Wildman–Crippen MR) is 53.5 cm³/mol. The van der Waals surface area contributed by atoms with Crippen LogP contribution in [0.2, 0.25) is 0 Å². The molecule has 5 nitrogen and oxygen atoms in total. The Morgan fingerprint density at radius 2 is 1.82 bits per heavy atom. The monoisotopic (exact) mass is 252 g/mol. The number of carboxylic acids is 1. The van der Waals surface area contributed by atoms with Crippen LogP contribution in [-0.4, -0.2) is 40.5 Å². The van der Waals surface area contributed by atoms with Crippen LogP contribution >= 0.6 is 0 Å². The van der Waals surface area contributed by atoms with Crippen molar-refractivity contribution in [3.63, 3.8) is 0 Å². The highest BCUT2D eigenvalue weighted by molar-refractivity contribution is 5.73. The first kappa shape index (κ1) is 15.2. The van der Waals surface area contributed by atoms with Crippen molar-refractivity contribution < 1.29 is 28.2 Å². The van der Waals surface area contributed by atoms with E-state index in [0.717, 1.165) is 5.69 Å². The van der Waals surface area contributed by atoms with Crippen LogP contribution in [0, 0.1) is 0 Å². The van der Waals surface area contributed by atoms with Gasteiger partial charge in [-0.1, -0.05) is 0 Å². The summed E-state index contributed by atoms with van der Waals surface area (Å²) in [5.74, 6) is -2.76. The molecule has 0 amide bonds. The fourth-order valence-electron chi connectivity index (χ4n) is 0.670. The Kier molecular flexibility index (Phi) is 6.64. The highest BCUT2D eigenvalue weighted by Crippen LogP contribution is 2.13. The van der Waals surface area contributed by atoms with E-state index in [4.69, 9.17) is 15.0 Å². The molecule has 0 spiro atoms. The number of anilines is 1. The number of carbonyl (C=O) groups is 1. The number of hydrogen-bond donors (Lipinski definition) is 3. The van der Waals surface area contributed by atoms with Gasteiger partial charge in [0.25, 0.3) is 0 Å². The van der Waals surface area contributed by atoms with Crippen LogP contribution in [0.3, 0.4) is 0 Å². The lowest BCUT2D eigenvalue weighted by Gasteiger charge is -2.01. The van der Waals surface area contributed by atoms with Crippen molar-refractivity contribution in [1.29, 1.82) is 0 Å². The van der Waals surface area contributed by atoms with Crippen molar-refractivity contribution in [2.45, 2.75) is 6.18 Å². The molecule has 0 saturated carbocycles. The zero-order chi connectivity index (χ0) is 13.3. The minimum atomic E-state index is -5.08. The zero-order valence-corrected chi connectivity index (χ0v) is 8.61. The molecule has 96 valence electrons. The summed E-state index contributed by atoms with van der Waals surface area (Å²) in [5, 5.41) is 18.6. The lowest BCUT2D eigenvalue weighted by molar-refractivity contribution is -0.192. The third kappa shape index (κ3) is 8.03.